The molecule has 1 aliphatic rings. The number of rotatable bonds is 4. The molecule has 0 aliphatic carbocycles. The largest absolute Gasteiger partial charge is 0.385 e. The third-order valence-electron chi connectivity index (χ3n) is 4.12. The highest BCUT2D eigenvalue weighted by atomic mass is 14.9. The van der Waals surface area contributed by atoms with Crippen molar-refractivity contribution >= 4 is 16.5 Å². The quantitative estimate of drug-likeness (QED) is 0.870. The zero-order valence-corrected chi connectivity index (χ0v) is 11.4. The van der Waals surface area contributed by atoms with Crippen LogP contribution in [0, 0.1) is 5.92 Å². The summed E-state index contributed by atoms with van der Waals surface area (Å²) in [5.41, 5.74) is 1.27. The maximum Gasteiger partial charge on any atom is 0.0419 e. The van der Waals surface area contributed by atoms with Crippen LogP contribution in [0.5, 0.6) is 0 Å². The van der Waals surface area contributed by atoms with Crippen LogP contribution in [-0.4, -0.2) is 19.6 Å². The molecule has 19 heavy (non-hydrogen) atoms. The van der Waals surface area contributed by atoms with Gasteiger partial charge in [0.2, 0.25) is 0 Å². The first kappa shape index (κ1) is 12.5. The molecule has 2 nitrogen and oxygen atoms in total. The zero-order chi connectivity index (χ0) is 12.9. The van der Waals surface area contributed by atoms with E-state index in [2.05, 4.69) is 53.1 Å². The molecule has 0 radical (unpaired) electrons. The van der Waals surface area contributed by atoms with Crippen molar-refractivity contribution < 1.29 is 0 Å². The first-order valence-corrected chi connectivity index (χ1v) is 7.36. The Balaban J connectivity index is 1.62. The molecule has 0 saturated carbocycles. The van der Waals surface area contributed by atoms with Crippen molar-refractivity contribution in [3.8, 4) is 0 Å². The zero-order valence-electron chi connectivity index (χ0n) is 11.4. The van der Waals surface area contributed by atoms with Crippen molar-refractivity contribution in [3.05, 3.63) is 42.5 Å². The van der Waals surface area contributed by atoms with Crippen LogP contribution in [0.25, 0.3) is 10.8 Å². The molecule has 2 aromatic carbocycles. The lowest BCUT2D eigenvalue weighted by Crippen LogP contribution is -2.28. The van der Waals surface area contributed by atoms with Gasteiger partial charge in [0, 0.05) is 17.6 Å². The third kappa shape index (κ3) is 3.07. The molecule has 0 unspecified atom stereocenters. The molecular weight excluding hydrogens is 232 g/mol. The van der Waals surface area contributed by atoms with Crippen molar-refractivity contribution in [2.45, 2.75) is 19.3 Å². The number of hydrogen-bond donors (Lipinski definition) is 2. The summed E-state index contributed by atoms with van der Waals surface area (Å²) in [6, 6.07) is 15.1. The van der Waals surface area contributed by atoms with Crippen LogP contribution in [0.3, 0.4) is 0 Å². The Labute approximate surface area is 115 Å². The minimum absolute atomic E-state index is 0.892. The Morgan fingerprint density at radius 3 is 2.68 bits per heavy atom. The average Bonchev–Trinajstić information content (AvgIpc) is 2.49. The van der Waals surface area contributed by atoms with E-state index in [0.717, 1.165) is 12.5 Å². The maximum atomic E-state index is 3.61. The average molecular weight is 254 g/mol. The van der Waals surface area contributed by atoms with Crippen LogP contribution in [0.1, 0.15) is 19.3 Å². The van der Waals surface area contributed by atoms with Crippen LogP contribution < -0.4 is 10.6 Å². The van der Waals surface area contributed by atoms with Gasteiger partial charge in [-0.2, -0.15) is 0 Å². The molecular formula is C17H22N2. The molecule has 1 saturated heterocycles. The minimum Gasteiger partial charge on any atom is -0.385 e. The molecule has 1 fully saturated rings. The maximum absolute atomic E-state index is 3.61. The highest BCUT2D eigenvalue weighted by Crippen LogP contribution is 2.23. The van der Waals surface area contributed by atoms with Gasteiger partial charge >= 0.3 is 0 Å². The van der Waals surface area contributed by atoms with E-state index in [0.29, 0.717) is 0 Å². The van der Waals surface area contributed by atoms with E-state index in [1.807, 2.05) is 0 Å². The van der Waals surface area contributed by atoms with Gasteiger partial charge < -0.3 is 10.6 Å². The standard InChI is InChI=1S/C17H22N2/c1-2-6-16-15(4-1)5-3-7-17(16)19-13-10-14-8-11-18-12-9-14/h1-7,14,18-19H,8-13H2. The molecule has 2 N–H and O–H groups in total. The Bertz CT molecular complexity index is 524. The summed E-state index contributed by atoms with van der Waals surface area (Å²) in [6.07, 6.45) is 3.94. The second kappa shape index (κ2) is 6.07. The lowest BCUT2D eigenvalue weighted by atomic mass is 9.95. The topological polar surface area (TPSA) is 24.1 Å². The van der Waals surface area contributed by atoms with Crippen molar-refractivity contribution in [1.29, 1.82) is 0 Å². The third-order valence-corrected chi connectivity index (χ3v) is 4.12. The second-order valence-corrected chi connectivity index (χ2v) is 5.44. The van der Waals surface area contributed by atoms with Crippen LogP contribution in [0.4, 0.5) is 5.69 Å². The van der Waals surface area contributed by atoms with E-state index in [4.69, 9.17) is 0 Å². The van der Waals surface area contributed by atoms with E-state index >= 15 is 0 Å². The molecule has 0 bridgehead atoms. The summed E-state index contributed by atoms with van der Waals surface area (Å²) >= 11 is 0. The molecule has 2 aromatic rings. The lowest BCUT2D eigenvalue weighted by Gasteiger charge is -2.22. The fraction of sp³-hybridized carbons (Fsp3) is 0.412. The van der Waals surface area contributed by atoms with Gasteiger partial charge in [-0.1, -0.05) is 36.4 Å². The van der Waals surface area contributed by atoms with Gasteiger partial charge in [0.25, 0.3) is 0 Å². The van der Waals surface area contributed by atoms with Crippen molar-refractivity contribution in [1.82, 2.24) is 5.32 Å². The molecule has 1 heterocycles. The summed E-state index contributed by atoms with van der Waals surface area (Å²) in [4.78, 5) is 0. The van der Waals surface area contributed by atoms with E-state index in [-0.39, 0.29) is 0 Å². The van der Waals surface area contributed by atoms with Crippen LogP contribution in [-0.2, 0) is 0 Å². The van der Waals surface area contributed by atoms with Gasteiger partial charge in [-0.15, -0.1) is 0 Å². The van der Waals surface area contributed by atoms with Crippen LogP contribution in [0.2, 0.25) is 0 Å². The summed E-state index contributed by atoms with van der Waals surface area (Å²) in [7, 11) is 0. The Morgan fingerprint density at radius 1 is 1.00 bits per heavy atom. The monoisotopic (exact) mass is 254 g/mol. The van der Waals surface area contributed by atoms with E-state index in [1.54, 1.807) is 0 Å². The predicted octanol–water partition coefficient (Wildman–Crippen LogP) is 3.64. The summed E-state index contributed by atoms with van der Waals surface area (Å²) < 4.78 is 0. The van der Waals surface area contributed by atoms with Gasteiger partial charge in [0.1, 0.15) is 0 Å². The van der Waals surface area contributed by atoms with Crippen molar-refractivity contribution in [2.75, 3.05) is 25.0 Å². The normalized spacial score (nSPS) is 16.6. The van der Waals surface area contributed by atoms with Crippen molar-refractivity contribution in [3.63, 3.8) is 0 Å². The Kier molecular flexibility index (Phi) is 3.99. The number of fused-ring (bicyclic) bond motifs is 1. The molecule has 0 spiro atoms. The summed E-state index contributed by atoms with van der Waals surface area (Å²) in [5, 5.41) is 9.68. The van der Waals surface area contributed by atoms with Crippen LogP contribution in [0.15, 0.2) is 42.5 Å². The number of piperidine rings is 1. The molecule has 2 heteroatoms. The first-order valence-electron chi connectivity index (χ1n) is 7.36. The van der Waals surface area contributed by atoms with Crippen LogP contribution >= 0.6 is 0 Å². The fourth-order valence-electron chi connectivity index (χ4n) is 2.96. The first-order chi connectivity index (χ1) is 9.43. The van der Waals surface area contributed by atoms with Gasteiger partial charge in [0.15, 0.2) is 0 Å². The Hall–Kier alpha value is -1.54. The van der Waals surface area contributed by atoms with E-state index in [9.17, 15) is 0 Å². The molecule has 3 rings (SSSR count). The lowest BCUT2D eigenvalue weighted by molar-refractivity contribution is 0.361. The number of anilines is 1. The Morgan fingerprint density at radius 2 is 1.79 bits per heavy atom. The number of benzene rings is 2. The highest BCUT2D eigenvalue weighted by Gasteiger charge is 2.12. The summed E-state index contributed by atoms with van der Waals surface area (Å²) in [5.74, 6) is 0.892. The predicted molar refractivity (Wildman–Crippen MR) is 82.6 cm³/mol. The van der Waals surface area contributed by atoms with E-state index < -0.39 is 0 Å². The van der Waals surface area contributed by atoms with Gasteiger partial charge in [-0.05, 0) is 49.7 Å². The minimum atomic E-state index is 0.892. The molecule has 0 atom stereocenters. The molecule has 0 aromatic heterocycles. The van der Waals surface area contributed by atoms with Crippen molar-refractivity contribution in [2.24, 2.45) is 5.92 Å². The molecule has 1 aliphatic heterocycles. The number of hydrogen-bond acceptors (Lipinski definition) is 2. The highest BCUT2D eigenvalue weighted by molar-refractivity contribution is 5.93. The molecule has 0 amide bonds. The number of nitrogens with one attached hydrogen (secondary N) is 2. The SMILES string of the molecule is c1ccc2c(NCCC3CCNCC3)cccc2c1. The van der Waals surface area contributed by atoms with Gasteiger partial charge in [-0.25, -0.2) is 0 Å². The second-order valence-electron chi connectivity index (χ2n) is 5.44. The van der Waals surface area contributed by atoms with Gasteiger partial charge in [0.05, 0.1) is 0 Å². The smallest absolute Gasteiger partial charge is 0.0419 e. The fourth-order valence-corrected chi connectivity index (χ4v) is 2.96. The summed E-state index contributed by atoms with van der Waals surface area (Å²) in [6.45, 7) is 3.47. The van der Waals surface area contributed by atoms with Gasteiger partial charge in [-0.3, -0.25) is 0 Å². The van der Waals surface area contributed by atoms with E-state index in [1.165, 1.54) is 48.8 Å². The molecule has 100 valence electrons.